The topological polar surface area (TPSA) is 59.1 Å². The maximum atomic E-state index is 11.6. The quantitative estimate of drug-likeness (QED) is 0.890. The minimum atomic E-state index is -3.23. The standard InChI is InChI=1S/C13H20N2O2S/c1-10(2)13(6-7-13)9-15-12-11(18(3,16)17)5-4-8-14-12/h4-5,8,10H,6-7,9H2,1-3H3,(H,14,15). The maximum absolute atomic E-state index is 11.6. The summed E-state index contributed by atoms with van der Waals surface area (Å²) in [5.41, 5.74) is 0.326. The number of nitrogens with one attached hydrogen (secondary N) is 1. The van der Waals surface area contributed by atoms with Gasteiger partial charge in [-0.2, -0.15) is 0 Å². The first-order chi connectivity index (χ1) is 8.35. The van der Waals surface area contributed by atoms with Crippen molar-refractivity contribution in [3.63, 3.8) is 0 Å². The molecule has 0 saturated heterocycles. The van der Waals surface area contributed by atoms with Gasteiger partial charge < -0.3 is 5.32 Å². The van der Waals surface area contributed by atoms with E-state index < -0.39 is 9.84 Å². The number of sulfone groups is 1. The molecular weight excluding hydrogens is 248 g/mol. The molecule has 1 aromatic rings. The zero-order valence-electron chi connectivity index (χ0n) is 11.1. The van der Waals surface area contributed by atoms with Gasteiger partial charge in [0.2, 0.25) is 0 Å². The summed E-state index contributed by atoms with van der Waals surface area (Å²) in [6.07, 6.45) is 5.24. The number of anilines is 1. The Morgan fingerprint density at radius 2 is 2.11 bits per heavy atom. The highest BCUT2D eigenvalue weighted by Crippen LogP contribution is 2.51. The van der Waals surface area contributed by atoms with Gasteiger partial charge in [0.05, 0.1) is 0 Å². The minimum Gasteiger partial charge on any atom is -0.368 e. The summed E-state index contributed by atoms with van der Waals surface area (Å²) in [6, 6.07) is 3.25. The first kappa shape index (κ1) is 13.3. The van der Waals surface area contributed by atoms with Crippen LogP contribution in [0.4, 0.5) is 5.82 Å². The molecule has 0 unspecified atom stereocenters. The predicted molar refractivity (Wildman–Crippen MR) is 72.3 cm³/mol. The molecule has 1 saturated carbocycles. The summed E-state index contributed by atoms with van der Waals surface area (Å²) in [6.45, 7) is 5.22. The highest BCUT2D eigenvalue weighted by Gasteiger charge is 2.45. The van der Waals surface area contributed by atoms with E-state index in [2.05, 4.69) is 24.1 Å². The van der Waals surface area contributed by atoms with Crippen LogP contribution in [-0.4, -0.2) is 26.2 Å². The smallest absolute Gasteiger partial charge is 0.179 e. The average molecular weight is 268 g/mol. The SMILES string of the molecule is CC(C)C1(CNc2ncccc2S(C)(=O)=O)CC1. The van der Waals surface area contributed by atoms with Crippen LogP contribution in [0.1, 0.15) is 26.7 Å². The van der Waals surface area contributed by atoms with Crippen LogP contribution in [-0.2, 0) is 9.84 Å². The van der Waals surface area contributed by atoms with Gasteiger partial charge in [0.15, 0.2) is 9.84 Å². The van der Waals surface area contributed by atoms with Gasteiger partial charge in [0, 0.05) is 19.0 Å². The van der Waals surface area contributed by atoms with Gasteiger partial charge in [-0.05, 0) is 36.3 Å². The van der Waals surface area contributed by atoms with E-state index in [1.54, 1.807) is 18.3 Å². The number of nitrogens with zero attached hydrogens (tertiary/aromatic N) is 1. The monoisotopic (exact) mass is 268 g/mol. The van der Waals surface area contributed by atoms with E-state index in [0.29, 0.717) is 17.2 Å². The molecule has 1 aromatic heterocycles. The third-order valence-corrected chi connectivity index (χ3v) is 5.02. The van der Waals surface area contributed by atoms with Crippen LogP contribution in [0.3, 0.4) is 0 Å². The Morgan fingerprint density at radius 1 is 1.44 bits per heavy atom. The summed E-state index contributed by atoms with van der Waals surface area (Å²) in [5.74, 6) is 1.09. The molecule has 1 heterocycles. The van der Waals surface area contributed by atoms with Crippen LogP contribution in [0.5, 0.6) is 0 Å². The average Bonchev–Trinajstić information content (AvgIpc) is 3.06. The molecule has 18 heavy (non-hydrogen) atoms. The lowest BCUT2D eigenvalue weighted by molar-refractivity contribution is 0.379. The van der Waals surface area contributed by atoms with Crippen molar-refractivity contribution < 1.29 is 8.42 Å². The summed E-state index contributed by atoms with van der Waals surface area (Å²) in [5, 5.41) is 3.21. The largest absolute Gasteiger partial charge is 0.368 e. The number of rotatable bonds is 5. The fourth-order valence-electron chi connectivity index (χ4n) is 2.20. The van der Waals surface area contributed by atoms with Crippen molar-refractivity contribution in [1.82, 2.24) is 4.98 Å². The lowest BCUT2D eigenvalue weighted by Gasteiger charge is -2.21. The first-order valence-corrected chi connectivity index (χ1v) is 8.13. The molecule has 1 aliphatic carbocycles. The second kappa shape index (κ2) is 4.53. The molecule has 100 valence electrons. The lowest BCUT2D eigenvalue weighted by Crippen LogP contribution is -2.22. The zero-order valence-corrected chi connectivity index (χ0v) is 11.9. The lowest BCUT2D eigenvalue weighted by atomic mass is 9.92. The number of aromatic nitrogens is 1. The fourth-order valence-corrected chi connectivity index (χ4v) is 3.00. The van der Waals surface area contributed by atoms with Crippen molar-refractivity contribution in [3.8, 4) is 0 Å². The molecule has 1 N–H and O–H groups in total. The second-order valence-electron chi connectivity index (χ2n) is 5.49. The van der Waals surface area contributed by atoms with Crippen molar-refractivity contribution in [1.29, 1.82) is 0 Å². The Hall–Kier alpha value is -1.10. The molecule has 0 amide bonds. The Labute approximate surface area is 109 Å². The highest BCUT2D eigenvalue weighted by atomic mass is 32.2. The molecular formula is C13H20N2O2S. The summed E-state index contributed by atoms with van der Waals surface area (Å²) in [4.78, 5) is 4.43. The van der Waals surface area contributed by atoms with Crippen LogP contribution < -0.4 is 5.32 Å². The van der Waals surface area contributed by atoms with E-state index in [1.165, 1.54) is 19.1 Å². The molecule has 0 aliphatic heterocycles. The highest BCUT2D eigenvalue weighted by molar-refractivity contribution is 7.90. The Balaban J connectivity index is 2.16. The molecule has 0 aromatic carbocycles. The molecule has 0 spiro atoms. The van der Waals surface area contributed by atoms with Crippen LogP contribution in [0, 0.1) is 11.3 Å². The fraction of sp³-hybridized carbons (Fsp3) is 0.615. The van der Waals surface area contributed by atoms with E-state index in [4.69, 9.17) is 0 Å². The van der Waals surface area contributed by atoms with Crippen molar-refractivity contribution in [3.05, 3.63) is 18.3 Å². The molecule has 0 atom stereocenters. The number of hydrogen-bond donors (Lipinski definition) is 1. The Bertz CT molecular complexity index is 534. The van der Waals surface area contributed by atoms with Crippen LogP contribution >= 0.6 is 0 Å². The number of hydrogen-bond acceptors (Lipinski definition) is 4. The van der Waals surface area contributed by atoms with Gasteiger partial charge in [-0.3, -0.25) is 0 Å². The van der Waals surface area contributed by atoms with Gasteiger partial charge in [0.1, 0.15) is 10.7 Å². The van der Waals surface area contributed by atoms with Crippen LogP contribution in [0.2, 0.25) is 0 Å². The van der Waals surface area contributed by atoms with E-state index in [1.807, 2.05) is 0 Å². The van der Waals surface area contributed by atoms with Gasteiger partial charge in [-0.1, -0.05) is 13.8 Å². The van der Waals surface area contributed by atoms with Crippen molar-refractivity contribution in [2.45, 2.75) is 31.6 Å². The molecule has 0 bridgehead atoms. The minimum absolute atomic E-state index is 0.282. The number of pyridine rings is 1. The van der Waals surface area contributed by atoms with E-state index >= 15 is 0 Å². The van der Waals surface area contributed by atoms with Crippen molar-refractivity contribution in [2.75, 3.05) is 18.1 Å². The third kappa shape index (κ3) is 2.66. The van der Waals surface area contributed by atoms with E-state index in [9.17, 15) is 8.42 Å². The van der Waals surface area contributed by atoms with Crippen molar-refractivity contribution in [2.24, 2.45) is 11.3 Å². The normalized spacial score (nSPS) is 17.8. The van der Waals surface area contributed by atoms with Gasteiger partial charge >= 0.3 is 0 Å². The first-order valence-electron chi connectivity index (χ1n) is 6.24. The summed E-state index contributed by atoms with van der Waals surface area (Å²) >= 11 is 0. The molecule has 1 fully saturated rings. The van der Waals surface area contributed by atoms with Crippen LogP contribution in [0.25, 0.3) is 0 Å². The van der Waals surface area contributed by atoms with E-state index in [0.717, 1.165) is 6.54 Å². The van der Waals surface area contributed by atoms with Gasteiger partial charge in [-0.25, -0.2) is 13.4 Å². The van der Waals surface area contributed by atoms with Gasteiger partial charge in [0.25, 0.3) is 0 Å². The van der Waals surface area contributed by atoms with Crippen molar-refractivity contribution >= 4 is 15.7 Å². The van der Waals surface area contributed by atoms with Crippen LogP contribution in [0.15, 0.2) is 23.2 Å². The Kier molecular flexibility index (Phi) is 3.36. The third-order valence-electron chi connectivity index (χ3n) is 3.90. The summed E-state index contributed by atoms with van der Waals surface area (Å²) in [7, 11) is -3.23. The predicted octanol–water partition coefficient (Wildman–Crippen LogP) is 2.33. The van der Waals surface area contributed by atoms with Gasteiger partial charge in [-0.15, -0.1) is 0 Å². The Morgan fingerprint density at radius 3 is 2.61 bits per heavy atom. The molecule has 0 radical (unpaired) electrons. The molecule has 2 rings (SSSR count). The molecule has 1 aliphatic rings. The maximum Gasteiger partial charge on any atom is 0.179 e. The summed E-state index contributed by atoms with van der Waals surface area (Å²) < 4.78 is 23.3. The molecule has 5 heteroatoms. The second-order valence-corrected chi connectivity index (χ2v) is 7.48. The molecule has 4 nitrogen and oxygen atoms in total. The zero-order chi connectivity index (χ0) is 13.4. The van der Waals surface area contributed by atoms with E-state index in [-0.39, 0.29) is 4.90 Å².